The highest BCUT2D eigenvalue weighted by Gasteiger charge is 2.31. The number of H-pyrrole nitrogens is 1. The van der Waals surface area contributed by atoms with Gasteiger partial charge in [0.05, 0.1) is 18.1 Å². The second-order valence-electron chi connectivity index (χ2n) is 6.94. The lowest BCUT2D eigenvalue weighted by Gasteiger charge is -2.18. The zero-order valence-corrected chi connectivity index (χ0v) is 15.1. The number of aromatic amines is 1. The van der Waals surface area contributed by atoms with Gasteiger partial charge in [0.1, 0.15) is 17.1 Å². The topological polar surface area (TPSA) is 106 Å². The van der Waals surface area contributed by atoms with E-state index in [1.165, 1.54) is 30.6 Å². The zero-order chi connectivity index (χ0) is 20.5. The van der Waals surface area contributed by atoms with Gasteiger partial charge in [0.15, 0.2) is 0 Å². The fraction of sp³-hybridized carbons (Fsp3) is 0.278. The van der Waals surface area contributed by atoms with Crippen molar-refractivity contribution in [3.05, 3.63) is 42.4 Å². The number of fused-ring (bicyclic) bond motifs is 1. The van der Waals surface area contributed by atoms with Gasteiger partial charge in [-0.25, -0.2) is 4.98 Å². The molecule has 0 radical (unpaired) electrons. The lowest BCUT2D eigenvalue weighted by Crippen LogP contribution is -2.45. The Morgan fingerprint density at radius 2 is 2.00 bits per heavy atom. The highest BCUT2D eigenvalue weighted by molar-refractivity contribution is 5.93. The minimum Gasteiger partial charge on any atom is -0.406 e. The fourth-order valence-electron chi connectivity index (χ4n) is 2.45. The maximum Gasteiger partial charge on any atom is 0.573 e. The number of amides is 1. The number of carbonyl (C=O) groups excluding carboxylic acids is 1. The third kappa shape index (κ3) is 4.97. The zero-order valence-electron chi connectivity index (χ0n) is 15.1. The summed E-state index contributed by atoms with van der Waals surface area (Å²) in [7, 11) is 0. The lowest BCUT2D eigenvalue weighted by atomic mass is 10.1. The minimum absolute atomic E-state index is 0.0986. The first-order chi connectivity index (χ1) is 13.0. The summed E-state index contributed by atoms with van der Waals surface area (Å²) in [4.78, 5) is 23.5. The second kappa shape index (κ2) is 7.12. The van der Waals surface area contributed by atoms with E-state index in [1.54, 1.807) is 19.9 Å². The van der Waals surface area contributed by atoms with Crippen molar-refractivity contribution in [3.8, 4) is 17.1 Å². The Morgan fingerprint density at radius 3 is 2.68 bits per heavy atom. The normalized spacial score (nSPS) is 12.2. The van der Waals surface area contributed by atoms with Gasteiger partial charge in [-0.1, -0.05) is 0 Å². The number of hydrogen-bond donors (Lipinski definition) is 3. The molecule has 28 heavy (non-hydrogen) atoms. The van der Waals surface area contributed by atoms with Crippen molar-refractivity contribution in [2.45, 2.75) is 25.7 Å². The summed E-state index contributed by atoms with van der Waals surface area (Å²) in [6.45, 7) is 3.80. The molecular weight excluding hydrogens is 375 g/mol. The van der Waals surface area contributed by atoms with Crippen molar-refractivity contribution in [2.75, 3.05) is 6.54 Å². The minimum atomic E-state index is -4.77. The highest BCUT2D eigenvalue weighted by atomic mass is 19.4. The first-order valence-electron chi connectivity index (χ1n) is 8.28. The van der Waals surface area contributed by atoms with E-state index in [0.717, 1.165) is 0 Å². The Morgan fingerprint density at radius 1 is 1.25 bits per heavy atom. The van der Waals surface area contributed by atoms with Crippen LogP contribution in [0.5, 0.6) is 5.75 Å². The molecule has 7 nitrogen and oxygen atoms in total. The number of nitrogens with one attached hydrogen (secondary N) is 2. The Bertz CT molecular complexity index is 1010. The van der Waals surface area contributed by atoms with Crippen LogP contribution in [0.1, 0.15) is 24.3 Å². The van der Waals surface area contributed by atoms with E-state index >= 15 is 0 Å². The van der Waals surface area contributed by atoms with Crippen molar-refractivity contribution in [1.29, 1.82) is 0 Å². The summed E-state index contributed by atoms with van der Waals surface area (Å²) in [6, 6.07) is 5.54. The van der Waals surface area contributed by atoms with Crippen LogP contribution in [0.4, 0.5) is 13.2 Å². The van der Waals surface area contributed by atoms with E-state index in [9.17, 15) is 18.0 Å². The molecule has 3 aromatic rings. The van der Waals surface area contributed by atoms with Crippen LogP contribution in [0.15, 0.2) is 36.7 Å². The predicted octanol–water partition coefficient (Wildman–Crippen LogP) is 2.99. The van der Waals surface area contributed by atoms with Crippen LogP contribution in [0.25, 0.3) is 22.3 Å². The summed E-state index contributed by atoms with van der Waals surface area (Å²) in [6.07, 6.45) is -2.00. The molecule has 0 aliphatic carbocycles. The number of halogens is 3. The molecule has 10 heteroatoms. The number of nitrogens with zero attached hydrogens (tertiary/aromatic N) is 2. The molecule has 0 spiro atoms. The van der Waals surface area contributed by atoms with E-state index in [4.69, 9.17) is 5.73 Å². The van der Waals surface area contributed by atoms with Gasteiger partial charge in [0, 0.05) is 23.0 Å². The first kappa shape index (κ1) is 19.6. The smallest absolute Gasteiger partial charge is 0.406 e. The molecule has 4 N–H and O–H groups in total. The Kier molecular flexibility index (Phi) is 4.99. The number of rotatable bonds is 5. The fourth-order valence-corrected chi connectivity index (χ4v) is 2.45. The van der Waals surface area contributed by atoms with Crippen molar-refractivity contribution in [2.24, 2.45) is 5.73 Å². The third-order valence-electron chi connectivity index (χ3n) is 3.67. The number of hydrogen-bond acceptors (Lipinski definition) is 5. The molecule has 2 aromatic heterocycles. The summed E-state index contributed by atoms with van der Waals surface area (Å²) in [5, 5.41) is 3.17. The number of carbonyl (C=O) groups is 1. The molecule has 2 heterocycles. The van der Waals surface area contributed by atoms with Crippen molar-refractivity contribution < 1.29 is 22.7 Å². The van der Waals surface area contributed by atoms with E-state index < -0.39 is 17.8 Å². The van der Waals surface area contributed by atoms with E-state index in [2.05, 4.69) is 25.0 Å². The maximum absolute atomic E-state index is 12.4. The Labute approximate surface area is 158 Å². The molecule has 0 saturated heterocycles. The van der Waals surface area contributed by atoms with Gasteiger partial charge in [-0.05, 0) is 38.1 Å². The summed E-state index contributed by atoms with van der Waals surface area (Å²) >= 11 is 0. The number of nitrogens with two attached hydrogens (primary N) is 1. The summed E-state index contributed by atoms with van der Waals surface area (Å²) in [5.74, 6) is -0.751. The number of ether oxygens (including phenoxy) is 1. The second-order valence-corrected chi connectivity index (χ2v) is 6.94. The van der Waals surface area contributed by atoms with Crippen LogP contribution in [0, 0.1) is 0 Å². The van der Waals surface area contributed by atoms with Crippen molar-refractivity contribution >= 4 is 16.8 Å². The average Bonchev–Trinajstić information content (AvgIpc) is 3.01. The highest BCUT2D eigenvalue weighted by Crippen LogP contribution is 2.29. The first-order valence-corrected chi connectivity index (χ1v) is 8.28. The van der Waals surface area contributed by atoms with Crippen LogP contribution < -0.4 is 15.8 Å². The molecule has 3 rings (SSSR count). The molecule has 0 saturated carbocycles. The standard InChI is InChI=1S/C18H18F3N5O2/c1-17(2,22)9-24-16(27)15-8-23-7-14(26-15)13-6-10-5-11(28-18(19,20)21)3-4-12(10)25-13/h3-8,25H,9,22H2,1-2H3,(H,24,27). The van der Waals surface area contributed by atoms with Gasteiger partial charge in [0.25, 0.3) is 5.91 Å². The number of alkyl halides is 3. The van der Waals surface area contributed by atoms with Crippen LogP contribution in [-0.4, -0.2) is 39.3 Å². The molecule has 148 valence electrons. The quantitative estimate of drug-likeness (QED) is 0.618. The Hall–Kier alpha value is -3.14. The largest absolute Gasteiger partial charge is 0.573 e. The number of benzene rings is 1. The predicted molar refractivity (Wildman–Crippen MR) is 96.6 cm³/mol. The molecule has 0 unspecified atom stereocenters. The maximum atomic E-state index is 12.4. The lowest BCUT2D eigenvalue weighted by molar-refractivity contribution is -0.274. The molecule has 0 atom stereocenters. The summed E-state index contributed by atoms with van der Waals surface area (Å²) in [5.41, 5.74) is 6.82. The van der Waals surface area contributed by atoms with Gasteiger partial charge in [-0.2, -0.15) is 0 Å². The average molecular weight is 393 g/mol. The van der Waals surface area contributed by atoms with Crippen LogP contribution >= 0.6 is 0 Å². The molecule has 1 aromatic carbocycles. The molecular formula is C18H18F3N5O2. The van der Waals surface area contributed by atoms with Crippen LogP contribution in [0.2, 0.25) is 0 Å². The Balaban J connectivity index is 1.85. The van der Waals surface area contributed by atoms with Crippen molar-refractivity contribution in [1.82, 2.24) is 20.3 Å². The summed E-state index contributed by atoms with van der Waals surface area (Å²) < 4.78 is 41.0. The van der Waals surface area contributed by atoms with Gasteiger partial charge in [-0.15, -0.1) is 13.2 Å². The van der Waals surface area contributed by atoms with E-state index in [0.29, 0.717) is 22.3 Å². The van der Waals surface area contributed by atoms with Gasteiger partial charge >= 0.3 is 6.36 Å². The monoisotopic (exact) mass is 393 g/mol. The van der Waals surface area contributed by atoms with Gasteiger partial charge in [0.2, 0.25) is 0 Å². The van der Waals surface area contributed by atoms with Crippen LogP contribution in [0.3, 0.4) is 0 Å². The molecule has 0 bridgehead atoms. The van der Waals surface area contributed by atoms with Gasteiger partial charge in [-0.3, -0.25) is 9.78 Å². The molecule has 0 fully saturated rings. The van der Waals surface area contributed by atoms with E-state index in [1.807, 2.05) is 0 Å². The van der Waals surface area contributed by atoms with Crippen molar-refractivity contribution in [3.63, 3.8) is 0 Å². The number of aromatic nitrogens is 3. The SMILES string of the molecule is CC(C)(N)CNC(=O)c1cncc(-c2cc3cc(OC(F)(F)F)ccc3[nH]2)n1. The van der Waals surface area contributed by atoms with E-state index in [-0.39, 0.29) is 18.0 Å². The molecule has 1 amide bonds. The molecule has 0 aliphatic heterocycles. The third-order valence-corrected chi connectivity index (χ3v) is 3.67. The van der Waals surface area contributed by atoms with Gasteiger partial charge < -0.3 is 20.8 Å². The molecule has 0 aliphatic rings. The van der Waals surface area contributed by atoms with Crippen LogP contribution in [-0.2, 0) is 0 Å².